The molecule has 0 aliphatic heterocycles. The summed E-state index contributed by atoms with van der Waals surface area (Å²) in [4.78, 5) is 47.1. The van der Waals surface area contributed by atoms with Crippen molar-refractivity contribution < 1.29 is 29.0 Å². The van der Waals surface area contributed by atoms with E-state index in [1.807, 2.05) is 48.5 Å². The molecule has 1 aliphatic carbocycles. The molecule has 1 atom stereocenters. The summed E-state index contributed by atoms with van der Waals surface area (Å²) < 4.78 is 5.41. The van der Waals surface area contributed by atoms with Crippen LogP contribution in [0.5, 0.6) is 0 Å². The molecule has 0 heterocycles. The number of rotatable bonds is 11. The number of aliphatic carboxylic acids is 1. The van der Waals surface area contributed by atoms with E-state index in [1.54, 1.807) is 0 Å². The fourth-order valence-corrected chi connectivity index (χ4v) is 4.58. The highest BCUT2D eigenvalue weighted by Crippen LogP contribution is 2.44. The van der Waals surface area contributed by atoms with Gasteiger partial charge in [0.25, 0.3) is 0 Å². The van der Waals surface area contributed by atoms with Crippen LogP contribution < -0.4 is 16.0 Å². The molecule has 3 rings (SSSR count). The van der Waals surface area contributed by atoms with Crippen LogP contribution in [0.3, 0.4) is 0 Å². The maximum Gasteiger partial charge on any atom is 0.407 e. The van der Waals surface area contributed by atoms with Crippen LogP contribution >= 0.6 is 11.8 Å². The number of benzene rings is 2. The molecule has 184 valence electrons. The average molecular weight is 498 g/mol. The number of carboxylic acid groups (broad SMARTS) is 1. The Morgan fingerprint density at radius 3 is 2.29 bits per heavy atom. The number of thioether (sulfide) groups is 1. The van der Waals surface area contributed by atoms with E-state index in [-0.39, 0.29) is 37.0 Å². The second-order valence-electron chi connectivity index (χ2n) is 7.75. The summed E-state index contributed by atoms with van der Waals surface area (Å²) in [6, 6.07) is 14.0. The molecule has 0 radical (unpaired) electrons. The maximum atomic E-state index is 12.4. The molecule has 9 nitrogen and oxygen atoms in total. The van der Waals surface area contributed by atoms with Crippen LogP contribution in [0.1, 0.15) is 23.5 Å². The van der Waals surface area contributed by atoms with Crippen molar-refractivity contribution >= 4 is 35.8 Å². The molecule has 4 amide bonds. The molecule has 4 N–H and O–H groups in total. The van der Waals surface area contributed by atoms with Crippen LogP contribution in [0.4, 0.5) is 9.59 Å². The van der Waals surface area contributed by atoms with Gasteiger partial charge >= 0.3 is 18.1 Å². The molecule has 1 unspecified atom stereocenters. The molecule has 10 heteroatoms. The Kier molecular flexibility index (Phi) is 9.31. The summed E-state index contributed by atoms with van der Waals surface area (Å²) in [5.74, 6) is -1.59. The van der Waals surface area contributed by atoms with E-state index in [2.05, 4.69) is 22.5 Å². The number of amides is 4. The predicted molar refractivity (Wildman–Crippen MR) is 133 cm³/mol. The van der Waals surface area contributed by atoms with Crippen LogP contribution in [0.2, 0.25) is 0 Å². The highest BCUT2D eigenvalue weighted by Gasteiger charge is 2.29. The summed E-state index contributed by atoms with van der Waals surface area (Å²) in [6.45, 7) is 3.76. The molecule has 0 aromatic heterocycles. The molecule has 0 fully saturated rings. The van der Waals surface area contributed by atoms with Crippen LogP contribution in [0.15, 0.2) is 61.2 Å². The molecule has 0 saturated heterocycles. The number of carboxylic acids is 1. The van der Waals surface area contributed by atoms with Gasteiger partial charge in [0.2, 0.25) is 5.91 Å². The normalized spacial score (nSPS) is 12.6. The number of hydrogen-bond acceptors (Lipinski definition) is 6. The summed E-state index contributed by atoms with van der Waals surface area (Å²) in [7, 11) is 0. The monoisotopic (exact) mass is 497 g/mol. The van der Waals surface area contributed by atoms with Crippen molar-refractivity contribution in [3.05, 3.63) is 72.3 Å². The number of nitrogens with one attached hydrogen (secondary N) is 3. The van der Waals surface area contributed by atoms with Crippen molar-refractivity contribution in [2.45, 2.75) is 18.4 Å². The van der Waals surface area contributed by atoms with Gasteiger partial charge < -0.3 is 20.5 Å². The first-order valence-corrected chi connectivity index (χ1v) is 12.2. The minimum absolute atomic E-state index is 0.0290. The van der Waals surface area contributed by atoms with Gasteiger partial charge in [-0.2, -0.15) is 11.8 Å². The van der Waals surface area contributed by atoms with Crippen LogP contribution in [0, 0.1) is 0 Å². The van der Waals surface area contributed by atoms with E-state index in [0.717, 1.165) is 34.0 Å². The summed E-state index contributed by atoms with van der Waals surface area (Å²) in [5, 5.41) is 16.4. The molecule has 2 aromatic rings. The molecular formula is C25H27N3O6S. The molecule has 0 spiro atoms. The van der Waals surface area contributed by atoms with Crippen molar-refractivity contribution in [2.24, 2.45) is 0 Å². The topological polar surface area (TPSA) is 134 Å². The Hall–Kier alpha value is -3.79. The number of fused-ring (bicyclic) bond motifs is 3. The van der Waals surface area contributed by atoms with Gasteiger partial charge in [0.1, 0.15) is 12.6 Å². The Balaban J connectivity index is 1.45. The second kappa shape index (κ2) is 12.6. The zero-order valence-electron chi connectivity index (χ0n) is 19.0. The van der Waals surface area contributed by atoms with Crippen LogP contribution in [-0.4, -0.2) is 59.8 Å². The van der Waals surface area contributed by atoms with E-state index >= 15 is 0 Å². The molecule has 0 bridgehead atoms. The van der Waals surface area contributed by atoms with Crippen LogP contribution in [-0.2, 0) is 14.3 Å². The van der Waals surface area contributed by atoms with E-state index < -0.39 is 30.0 Å². The quantitative estimate of drug-likeness (QED) is 0.277. The van der Waals surface area contributed by atoms with Gasteiger partial charge in [-0.05, 0) is 34.4 Å². The number of alkyl carbamates (subject to hydrolysis) is 1. The first-order chi connectivity index (χ1) is 16.9. The van der Waals surface area contributed by atoms with Gasteiger partial charge in [0.05, 0.1) is 5.75 Å². The fraction of sp³-hybridized carbons (Fsp3) is 0.280. The van der Waals surface area contributed by atoms with E-state index in [9.17, 15) is 24.3 Å². The molecule has 2 aromatic carbocycles. The number of carbonyl (C=O) groups is 4. The Labute approximate surface area is 207 Å². The standard InChI is InChI=1S/C25H27N3O6S/c1-2-12-26-24(32)28-22(29)15-35-13-11-21(23(30)31)27-25(33)34-14-20-18-9-5-3-7-16(18)17-8-4-6-10-19(17)20/h2-10,20-21H,1,11-15H2,(H,27,33)(H,30,31)(H2,26,28,29,32). The third-order valence-corrected chi connectivity index (χ3v) is 6.37. The highest BCUT2D eigenvalue weighted by molar-refractivity contribution is 7.99. The smallest absolute Gasteiger partial charge is 0.407 e. The third kappa shape index (κ3) is 7.10. The zero-order valence-corrected chi connectivity index (χ0v) is 19.8. The lowest BCUT2D eigenvalue weighted by Crippen LogP contribution is -2.42. The molecule has 1 aliphatic rings. The van der Waals surface area contributed by atoms with Crippen molar-refractivity contribution in [1.29, 1.82) is 0 Å². The SMILES string of the molecule is C=CCNC(=O)NC(=O)CSCCC(NC(=O)OCC1c2ccccc2-c2ccccc21)C(=O)O. The Bertz CT molecular complexity index is 1060. The number of carbonyl (C=O) groups excluding carboxylic acids is 3. The summed E-state index contributed by atoms with van der Waals surface area (Å²) in [5.41, 5.74) is 4.31. The Morgan fingerprint density at radius 1 is 1.06 bits per heavy atom. The zero-order chi connectivity index (χ0) is 25.2. The lowest BCUT2D eigenvalue weighted by Gasteiger charge is -2.17. The van der Waals surface area contributed by atoms with Gasteiger partial charge in [-0.15, -0.1) is 6.58 Å². The molecule has 0 saturated carbocycles. The van der Waals surface area contributed by atoms with E-state index in [0.29, 0.717) is 0 Å². The molecular weight excluding hydrogens is 470 g/mol. The second-order valence-corrected chi connectivity index (χ2v) is 8.85. The minimum Gasteiger partial charge on any atom is -0.480 e. The van der Waals surface area contributed by atoms with Gasteiger partial charge in [-0.25, -0.2) is 14.4 Å². The first kappa shape index (κ1) is 25.8. The van der Waals surface area contributed by atoms with E-state index in [1.165, 1.54) is 6.08 Å². The number of urea groups is 1. The average Bonchev–Trinajstić information content (AvgIpc) is 3.17. The molecule has 35 heavy (non-hydrogen) atoms. The lowest BCUT2D eigenvalue weighted by atomic mass is 9.98. The van der Waals surface area contributed by atoms with Crippen molar-refractivity contribution in [3.63, 3.8) is 0 Å². The largest absolute Gasteiger partial charge is 0.480 e. The summed E-state index contributed by atoms with van der Waals surface area (Å²) >= 11 is 1.15. The van der Waals surface area contributed by atoms with Crippen molar-refractivity contribution in [3.8, 4) is 11.1 Å². The van der Waals surface area contributed by atoms with Crippen molar-refractivity contribution in [1.82, 2.24) is 16.0 Å². The number of ether oxygens (including phenoxy) is 1. The number of imide groups is 1. The Morgan fingerprint density at radius 2 is 1.69 bits per heavy atom. The van der Waals surface area contributed by atoms with Gasteiger partial charge in [0, 0.05) is 12.5 Å². The third-order valence-electron chi connectivity index (χ3n) is 5.38. The number of hydrogen-bond donors (Lipinski definition) is 4. The van der Waals surface area contributed by atoms with E-state index in [4.69, 9.17) is 4.74 Å². The first-order valence-electron chi connectivity index (χ1n) is 11.0. The lowest BCUT2D eigenvalue weighted by molar-refractivity contribution is -0.139. The van der Waals surface area contributed by atoms with Crippen molar-refractivity contribution in [2.75, 3.05) is 24.7 Å². The minimum atomic E-state index is -1.20. The predicted octanol–water partition coefficient (Wildman–Crippen LogP) is 3.11. The van der Waals surface area contributed by atoms with Gasteiger partial charge in [0.15, 0.2) is 0 Å². The fourth-order valence-electron chi connectivity index (χ4n) is 3.78. The van der Waals surface area contributed by atoms with Gasteiger partial charge in [-0.1, -0.05) is 54.6 Å². The highest BCUT2D eigenvalue weighted by atomic mass is 32.2. The van der Waals surface area contributed by atoms with Gasteiger partial charge in [-0.3, -0.25) is 10.1 Å². The summed E-state index contributed by atoms with van der Waals surface area (Å²) in [6.07, 6.45) is 0.745. The maximum absolute atomic E-state index is 12.4. The van der Waals surface area contributed by atoms with Crippen LogP contribution in [0.25, 0.3) is 11.1 Å².